The molecular formula is C15H22N2O3S. The van der Waals surface area contributed by atoms with Gasteiger partial charge in [0.05, 0.1) is 4.90 Å². The first kappa shape index (κ1) is 16.0. The van der Waals surface area contributed by atoms with E-state index >= 15 is 0 Å². The normalized spacial score (nSPS) is 21.2. The Balaban J connectivity index is 2.25. The van der Waals surface area contributed by atoms with E-state index in [1.54, 1.807) is 6.07 Å². The molecule has 0 aliphatic heterocycles. The molecule has 0 radical (unpaired) electrons. The molecule has 1 atom stereocenters. The van der Waals surface area contributed by atoms with Crippen molar-refractivity contribution in [1.29, 1.82) is 0 Å². The number of nitrogens with one attached hydrogen (secondary N) is 1. The van der Waals surface area contributed by atoms with E-state index in [9.17, 15) is 13.2 Å². The zero-order valence-electron chi connectivity index (χ0n) is 12.6. The largest absolute Gasteiger partial charge is 0.326 e. The Hall–Kier alpha value is -1.40. The lowest BCUT2D eigenvalue weighted by Gasteiger charge is -2.26. The topological polar surface area (TPSA) is 89.3 Å². The molecule has 2 rings (SSSR count). The van der Waals surface area contributed by atoms with E-state index < -0.39 is 10.0 Å². The second-order valence-electron chi connectivity index (χ2n) is 6.44. The van der Waals surface area contributed by atoms with E-state index in [0.717, 1.165) is 24.8 Å². The van der Waals surface area contributed by atoms with Gasteiger partial charge in [-0.15, -0.1) is 0 Å². The molecule has 0 heterocycles. The monoisotopic (exact) mass is 310 g/mol. The van der Waals surface area contributed by atoms with Gasteiger partial charge in [0, 0.05) is 11.6 Å². The molecule has 116 valence electrons. The molecule has 5 nitrogen and oxygen atoms in total. The van der Waals surface area contributed by atoms with Crippen LogP contribution in [0.25, 0.3) is 0 Å². The average Bonchev–Trinajstić information content (AvgIpc) is 2.70. The fraction of sp³-hybridized carbons (Fsp3) is 0.533. The number of carbonyl (C=O) groups excluding carboxylic acids is 1. The fourth-order valence-electron chi connectivity index (χ4n) is 2.95. The van der Waals surface area contributed by atoms with Gasteiger partial charge >= 0.3 is 0 Å². The Morgan fingerprint density at radius 3 is 2.57 bits per heavy atom. The molecule has 1 unspecified atom stereocenters. The van der Waals surface area contributed by atoms with Crippen LogP contribution in [0.3, 0.4) is 0 Å². The molecule has 1 aromatic carbocycles. The molecule has 21 heavy (non-hydrogen) atoms. The summed E-state index contributed by atoms with van der Waals surface area (Å²) in [6, 6.07) is 4.51. The third-order valence-corrected chi connectivity index (χ3v) is 5.28. The van der Waals surface area contributed by atoms with E-state index in [-0.39, 0.29) is 22.1 Å². The predicted molar refractivity (Wildman–Crippen MR) is 82.3 cm³/mol. The second-order valence-corrected chi connectivity index (χ2v) is 8.01. The quantitative estimate of drug-likeness (QED) is 0.898. The van der Waals surface area contributed by atoms with Crippen LogP contribution < -0.4 is 10.5 Å². The van der Waals surface area contributed by atoms with Gasteiger partial charge in [-0.3, -0.25) is 4.79 Å². The van der Waals surface area contributed by atoms with Crippen LogP contribution in [0.4, 0.5) is 5.69 Å². The molecule has 3 N–H and O–H groups in total. The molecule has 1 aliphatic rings. The Morgan fingerprint density at radius 2 is 2.05 bits per heavy atom. The maximum Gasteiger partial charge on any atom is 0.238 e. The van der Waals surface area contributed by atoms with Crippen LogP contribution in [0.2, 0.25) is 0 Å². The first-order valence-electron chi connectivity index (χ1n) is 7.05. The van der Waals surface area contributed by atoms with E-state index in [2.05, 4.69) is 19.2 Å². The van der Waals surface area contributed by atoms with Crippen LogP contribution in [-0.2, 0) is 14.8 Å². The summed E-state index contributed by atoms with van der Waals surface area (Å²) in [4.78, 5) is 12.5. The molecule has 1 saturated carbocycles. The van der Waals surface area contributed by atoms with Crippen LogP contribution >= 0.6 is 0 Å². The van der Waals surface area contributed by atoms with Gasteiger partial charge in [0.2, 0.25) is 15.9 Å². The highest BCUT2D eigenvalue weighted by Crippen LogP contribution is 2.43. The third kappa shape index (κ3) is 3.44. The number of anilines is 1. The van der Waals surface area contributed by atoms with Crippen LogP contribution in [-0.4, -0.2) is 14.3 Å². The van der Waals surface area contributed by atoms with Crippen molar-refractivity contribution in [1.82, 2.24) is 0 Å². The summed E-state index contributed by atoms with van der Waals surface area (Å²) in [6.45, 7) is 6.01. The lowest BCUT2D eigenvalue weighted by molar-refractivity contribution is -0.122. The maximum absolute atomic E-state index is 12.5. The molecule has 6 heteroatoms. The first-order chi connectivity index (χ1) is 9.61. The second kappa shape index (κ2) is 5.42. The molecular weight excluding hydrogens is 288 g/mol. The maximum atomic E-state index is 12.5. The third-order valence-electron chi connectivity index (χ3n) is 4.37. The number of aryl methyl sites for hydroxylation is 1. The molecule has 1 fully saturated rings. The summed E-state index contributed by atoms with van der Waals surface area (Å²) in [6.07, 6.45) is 2.94. The van der Waals surface area contributed by atoms with Crippen molar-refractivity contribution in [3.63, 3.8) is 0 Å². The van der Waals surface area contributed by atoms with Gasteiger partial charge in [-0.2, -0.15) is 0 Å². The van der Waals surface area contributed by atoms with Crippen molar-refractivity contribution < 1.29 is 13.2 Å². The molecule has 0 bridgehead atoms. The zero-order chi connectivity index (χ0) is 15.8. The van der Waals surface area contributed by atoms with Gasteiger partial charge in [0.15, 0.2) is 0 Å². The minimum absolute atomic E-state index is 0.00841. The van der Waals surface area contributed by atoms with Gasteiger partial charge in [-0.25, -0.2) is 13.6 Å². The van der Waals surface area contributed by atoms with Crippen LogP contribution in [0.15, 0.2) is 23.1 Å². The average molecular weight is 310 g/mol. The number of hydrogen-bond donors (Lipinski definition) is 2. The lowest BCUT2D eigenvalue weighted by atomic mass is 9.81. The summed E-state index contributed by atoms with van der Waals surface area (Å²) >= 11 is 0. The number of nitrogens with two attached hydrogens (primary N) is 1. The van der Waals surface area contributed by atoms with E-state index in [0.29, 0.717) is 5.69 Å². The molecule has 0 spiro atoms. The van der Waals surface area contributed by atoms with E-state index in [1.807, 2.05) is 6.92 Å². The predicted octanol–water partition coefficient (Wildman–Crippen LogP) is 2.41. The zero-order valence-corrected chi connectivity index (χ0v) is 13.5. The number of carbonyl (C=O) groups is 1. The van der Waals surface area contributed by atoms with Gasteiger partial charge in [-0.1, -0.05) is 26.3 Å². The number of primary sulfonamides is 1. The standard InChI is InChI=1S/C15H22N2O3S/c1-10-6-7-11(21(16,19)20)9-13(10)17-14(18)12-5-4-8-15(12,2)3/h6-7,9,12H,4-5,8H2,1-3H3,(H,17,18)(H2,16,19,20). The molecule has 0 saturated heterocycles. The summed E-state index contributed by atoms with van der Waals surface area (Å²) < 4.78 is 22.8. The van der Waals surface area contributed by atoms with Crippen molar-refractivity contribution in [2.24, 2.45) is 16.5 Å². The Labute approximate surface area is 126 Å². The van der Waals surface area contributed by atoms with Crippen molar-refractivity contribution in [3.8, 4) is 0 Å². The van der Waals surface area contributed by atoms with Crippen LogP contribution in [0, 0.1) is 18.3 Å². The Bertz CT molecular complexity index is 665. The summed E-state index contributed by atoms with van der Waals surface area (Å²) in [5.74, 6) is -0.0952. The van der Waals surface area contributed by atoms with Crippen molar-refractivity contribution in [2.75, 3.05) is 5.32 Å². The fourth-order valence-corrected chi connectivity index (χ4v) is 3.49. The summed E-state index contributed by atoms with van der Waals surface area (Å²) in [5, 5.41) is 7.99. The molecule has 0 aromatic heterocycles. The van der Waals surface area contributed by atoms with Crippen molar-refractivity contribution in [3.05, 3.63) is 23.8 Å². The minimum Gasteiger partial charge on any atom is -0.326 e. The number of hydrogen-bond acceptors (Lipinski definition) is 3. The number of rotatable bonds is 3. The smallest absolute Gasteiger partial charge is 0.238 e. The molecule has 1 aromatic rings. The van der Waals surface area contributed by atoms with Gasteiger partial charge in [-0.05, 0) is 42.9 Å². The number of sulfonamides is 1. The van der Waals surface area contributed by atoms with Gasteiger partial charge in [0.1, 0.15) is 0 Å². The highest BCUT2D eigenvalue weighted by Gasteiger charge is 2.39. The molecule has 1 amide bonds. The SMILES string of the molecule is Cc1ccc(S(N)(=O)=O)cc1NC(=O)C1CCCC1(C)C. The highest BCUT2D eigenvalue weighted by molar-refractivity contribution is 7.89. The van der Waals surface area contributed by atoms with E-state index in [1.165, 1.54) is 12.1 Å². The van der Waals surface area contributed by atoms with Crippen LogP contribution in [0.5, 0.6) is 0 Å². The van der Waals surface area contributed by atoms with Gasteiger partial charge < -0.3 is 5.32 Å². The number of benzene rings is 1. The minimum atomic E-state index is -3.77. The Kier molecular flexibility index (Phi) is 4.13. The first-order valence-corrected chi connectivity index (χ1v) is 8.60. The Morgan fingerprint density at radius 1 is 1.38 bits per heavy atom. The van der Waals surface area contributed by atoms with Gasteiger partial charge in [0.25, 0.3) is 0 Å². The molecule has 1 aliphatic carbocycles. The summed E-state index contributed by atoms with van der Waals surface area (Å²) in [7, 11) is -3.77. The van der Waals surface area contributed by atoms with E-state index in [4.69, 9.17) is 5.14 Å². The number of amides is 1. The van der Waals surface area contributed by atoms with Crippen molar-refractivity contribution in [2.45, 2.75) is 44.9 Å². The highest BCUT2D eigenvalue weighted by atomic mass is 32.2. The van der Waals surface area contributed by atoms with Crippen LogP contribution in [0.1, 0.15) is 38.7 Å². The summed E-state index contributed by atoms with van der Waals surface area (Å²) in [5.41, 5.74) is 1.30. The lowest BCUT2D eigenvalue weighted by Crippen LogP contribution is -2.31. The van der Waals surface area contributed by atoms with Crippen molar-refractivity contribution >= 4 is 21.6 Å².